The molecule has 0 N–H and O–H groups in total. The van der Waals surface area contributed by atoms with E-state index in [1.165, 1.54) is 0 Å². The fourth-order valence-electron chi connectivity index (χ4n) is 1.88. The second kappa shape index (κ2) is 6.21. The van der Waals surface area contributed by atoms with Crippen LogP contribution in [0.1, 0.15) is 27.2 Å². The SMILES string of the molecule is CCOC(=O)C(C)(CC)CN1CCOCC1. The quantitative estimate of drug-likeness (QED) is 0.666. The van der Waals surface area contributed by atoms with Gasteiger partial charge in [-0.15, -0.1) is 0 Å². The fraction of sp³-hybridized carbons (Fsp3) is 0.917. The van der Waals surface area contributed by atoms with E-state index >= 15 is 0 Å². The molecule has 1 saturated heterocycles. The van der Waals surface area contributed by atoms with E-state index in [0.717, 1.165) is 39.3 Å². The normalized spacial score (nSPS) is 21.4. The molecule has 1 rings (SSSR count). The zero-order chi connectivity index (χ0) is 12.0. The van der Waals surface area contributed by atoms with Crippen LogP contribution in [0.3, 0.4) is 0 Å². The zero-order valence-corrected chi connectivity index (χ0v) is 10.6. The molecule has 1 heterocycles. The van der Waals surface area contributed by atoms with Gasteiger partial charge in [0.1, 0.15) is 0 Å². The number of ether oxygens (including phenoxy) is 2. The Morgan fingerprint density at radius 2 is 2.00 bits per heavy atom. The molecular formula is C12H23NO3. The molecule has 94 valence electrons. The van der Waals surface area contributed by atoms with E-state index in [2.05, 4.69) is 4.90 Å². The Morgan fingerprint density at radius 3 is 2.50 bits per heavy atom. The van der Waals surface area contributed by atoms with Gasteiger partial charge in [0.15, 0.2) is 0 Å². The maximum atomic E-state index is 11.9. The average molecular weight is 229 g/mol. The van der Waals surface area contributed by atoms with E-state index in [9.17, 15) is 4.79 Å². The molecule has 4 nitrogen and oxygen atoms in total. The number of carbonyl (C=O) groups is 1. The summed E-state index contributed by atoms with van der Waals surface area (Å²) in [5.74, 6) is -0.0796. The summed E-state index contributed by atoms with van der Waals surface area (Å²) in [4.78, 5) is 14.2. The van der Waals surface area contributed by atoms with Gasteiger partial charge in [-0.05, 0) is 20.3 Å². The first kappa shape index (κ1) is 13.5. The molecule has 0 aromatic heterocycles. The summed E-state index contributed by atoms with van der Waals surface area (Å²) in [6.45, 7) is 10.5. The summed E-state index contributed by atoms with van der Waals surface area (Å²) in [7, 11) is 0. The molecule has 0 saturated carbocycles. The van der Waals surface area contributed by atoms with E-state index in [4.69, 9.17) is 9.47 Å². The lowest BCUT2D eigenvalue weighted by molar-refractivity contribution is -0.156. The van der Waals surface area contributed by atoms with E-state index in [-0.39, 0.29) is 11.4 Å². The van der Waals surface area contributed by atoms with Crippen molar-refractivity contribution in [1.29, 1.82) is 0 Å². The number of hydrogen-bond acceptors (Lipinski definition) is 4. The second-order valence-electron chi connectivity index (χ2n) is 4.52. The van der Waals surface area contributed by atoms with Crippen molar-refractivity contribution in [2.45, 2.75) is 27.2 Å². The second-order valence-corrected chi connectivity index (χ2v) is 4.52. The molecule has 0 spiro atoms. The Morgan fingerprint density at radius 1 is 1.38 bits per heavy atom. The van der Waals surface area contributed by atoms with Crippen molar-refractivity contribution in [3.63, 3.8) is 0 Å². The summed E-state index contributed by atoms with van der Waals surface area (Å²) < 4.78 is 10.4. The largest absolute Gasteiger partial charge is 0.466 e. The molecule has 0 aromatic rings. The van der Waals surface area contributed by atoms with Gasteiger partial charge < -0.3 is 9.47 Å². The Bertz CT molecular complexity index is 226. The molecule has 1 atom stereocenters. The Kier molecular flexibility index (Phi) is 5.22. The minimum absolute atomic E-state index is 0.0796. The highest BCUT2D eigenvalue weighted by Gasteiger charge is 2.35. The highest BCUT2D eigenvalue weighted by atomic mass is 16.5. The summed E-state index contributed by atoms with van der Waals surface area (Å²) in [5.41, 5.74) is -0.382. The Labute approximate surface area is 97.9 Å². The van der Waals surface area contributed by atoms with Crippen molar-refractivity contribution in [3.8, 4) is 0 Å². The van der Waals surface area contributed by atoms with Crippen molar-refractivity contribution >= 4 is 5.97 Å². The smallest absolute Gasteiger partial charge is 0.313 e. The minimum Gasteiger partial charge on any atom is -0.466 e. The molecule has 0 aliphatic carbocycles. The van der Waals surface area contributed by atoms with Crippen molar-refractivity contribution < 1.29 is 14.3 Å². The molecule has 0 aromatic carbocycles. The highest BCUT2D eigenvalue weighted by molar-refractivity contribution is 5.76. The third kappa shape index (κ3) is 3.46. The van der Waals surface area contributed by atoms with Gasteiger partial charge in [-0.1, -0.05) is 6.92 Å². The zero-order valence-electron chi connectivity index (χ0n) is 10.6. The highest BCUT2D eigenvalue weighted by Crippen LogP contribution is 2.25. The van der Waals surface area contributed by atoms with E-state index < -0.39 is 0 Å². The van der Waals surface area contributed by atoms with Gasteiger partial charge in [0.25, 0.3) is 0 Å². The van der Waals surface area contributed by atoms with E-state index in [1.807, 2.05) is 20.8 Å². The molecule has 0 amide bonds. The molecule has 1 fully saturated rings. The third-order valence-corrected chi connectivity index (χ3v) is 3.22. The first-order chi connectivity index (χ1) is 7.62. The number of carbonyl (C=O) groups excluding carboxylic acids is 1. The Hall–Kier alpha value is -0.610. The number of nitrogens with zero attached hydrogens (tertiary/aromatic N) is 1. The lowest BCUT2D eigenvalue weighted by Gasteiger charge is -2.34. The molecule has 1 aliphatic rings. The van der Waals surface area contributed by atoms with Crippen LogP contribution in [0.2, 0.25) is 0 Å². The van der Waals surface area contributed by atoms with Gasteiger partial charge in [-0.2, -0.15) is 0 Å². The number of morpholine rings is 1. The number of rotatable bonds is 5. The van der Waals surface area contributed by atoms with Crippen LogP contribution < -0.4 is 0 Å². The van der Waals surface area contributed by atoms with E-state index in [0.29, 0.717) is 6.61 Å². The van der Waals surface area contributed by atoms with Crippen LogP contribution in [0.15, 0.2) is 0 Å². The van der Waals surface area contributed by atoms with Gasteiger partial charge in [-0.25, -0.2) is 0 Å². The van der Waals surface area contributed by atoms with Crippen LogP contribution in [0, 0.1) is 5.41 Å². The van der Waals surface area contributed by atoms with Crippen LogP contribution in [-0.2, 0) is 14.3 Å². The third-order valence-electron chi connectivity index (χ3n) is 3.22. The topological polar surface area (TPSA) is 38.8 Å². The van der Waals surface area contributed by atoms with Crippen LogP contribution >= 0.6 is 0 Å². The van der Waals surface area contributed by atoms with Crippen LogP contribution in [0.4, 0.5) is 0 Å². The van der Waals surface area contributed by atoms with Crippen LogP contribution in [-0.4, -0.2) is 50.3 Å². The first-order valence-electron chi connectivity index (χ1n) is 6.09. The Balaban J connectivity index is 2.53. The molecule has 0 bridgehead atoms. The summed E-state index contributed by atoms with van der Waals surface area (Å²) >= 11 is 0. The maximum Gasteiger partial charge on any atom is 0.313 e. The van der Waals surface area contributed by atoms with Crippen molar-refractivity contribution in [2.24, 2.45) is 5.41 Å². The van der Waals surface area contributed by atoms with Gasteiger partial charge in [-0.3, -0.25) is 9.69 Å². The molecule has 1 unspecified atom stereocenters. The average Bonchev–Trinajstić information content (AvgIpc) is 2.30. The van der Waals surface area contributed by atoms with Gasteiger partial charge >= 0.3 is 5.97 Å². The predicted octanol–water partition coefficient (Wildman–Crippen LogP) is 1.30. The first-order valence-corrected chi connectivity index (χ1v) is 6.09. The fourth-order valence-corrected chi connectivity index (χ4v) is 1.88. The summed E-state index contributed by atoms with van der Waals surface area (Å²) in [6.07, 6.45) is 0.809. The van der Waals surface area contributed by atoms with Crippen molar-refractivity contribution in [1.82, 2.24) is 4.90 Å². The van der Waals surface area contributed by atoms with Gasteiger partial charge in [0, 0.05) is 19.6 Å². The van der Waals surface area contributed by atoms with Crippen molar-refractivity contribution in [3.05, 3.63) is 0 Å². The van der Waals surface area contributed by atoms with Crippen LogP contribution in [0.5, 0.6) is 0 Å². The van der Waals surface area contributed by atoms with Gasteiger partial charge in [0.05, 0.1) is 25.2 Å². The molecule has 1 aliphatic heterocycles. The molecule has 4 heteroatoms. The predicted molar refractivity (Wildman–Crippen MR) is 62.3 cm³/mol. The number of hydrogen-bond donors (Lipinski definition) is 0. The molecular weight excluding hydrogens is 206 g/mol. The molecule has 16 heavy (non-hydrogen) atoms. The number of esters is 1. The lowest BCUT2D eigenvalue weighted by atomic mass is 9.87. The maximum absolute atomic E-state index is 11.9. The van der Waals surface area contributed by atoms with Crippen LogP contribution in [0.25, 0.3) is 0 Å². The monoisotopic (exact) mass is 229 g/mol. The van der Waals surface area contributed by atoms with Gasteiger partial charge in [0.2, 0.25) is 0 Å². The lowest BCUT2D eigenvalue weighted by Crippen LogP contribution is -2.46. The standard InChI is InChI=1S/C12H23NO3/c1-4-12(3,11(14)16-5-2)10-13-6-8-15-9-7-13/h4-10H2,1-3H3. The minimum atomic E-state index is -0.382. The van der Waals surface area contributed by atoms with Crippen molar-refractivity contribution in [2.75, 3.05) is 39.5 Å². The summed E-state index contributed by atoms with van der Waals surface area (Å²) in [6, 6.07) is 0. The van der Waals surface area contributed by atoms with E-state index in [1.54, 1.807) is 0 Å². The molecule has 0 radical (unpaired) electrons. The summed E-state index contributed by atoms with van der Waals surface area (Å²) in [5, 5.41) is 0.